The molecule has 0 aromatic carbocycles. The summed E-state index contributed by atoms with van der Waals surface area (Å²) in [4.78, 5) is 19.9. The molecule has 1 unspecified atom stereocenters. The van der Waals surface area contributed by atoms with E-state index in [4.69, 9.17) is 11.6 Å². The topological polar surface area (TPSA) is 36.4 Å². The van der Waals surface area contributed by atoms with E-state index >= 15 is 0 Å². The molecule has 1 aromatic heterocycles. The van der Waals surface area contributed by atoms with Crippen LogP contribution in [0.15, 0.2) is 12.3 Å². The van der Waals surface area contributed by atoms with E-state index in [1.54, 1.807) is 4.90 Å². The summed E-state index contributed by atoms with van der Waals surface area (Å²) in [5.41, 5.74) is 0.146. The van der Waals surface area contributed by atoms with E-state index in [0.29, 0.717) is 6.54 Å². The summed E-state index contributed by atoms with van der Waals surface area (Å²) in [5, 5.41) is 0.0573. The van der Waals surface area contributed by atoms with E-state index in [1.165, 1.54) is 0 Å². The molecular weight excluding hydrogens is 269 g/mol. The van der Waals surface area contributed by atoms with Gasteiger partial charge < -0.3 is 9.80 Å². The molecule has 0 bridgehead atoms. The summed E-state index contributed by atoms with van der Waals surface area (Å²) in [6, 6.07) is 1.31. The Balaban J connectivity index is 2.20. The number of halogens is 2. The fourth-order valence-electron chi connectivity index (χ4n) is 2.44. The second kappa shape index (κ2) is 5.84. The third kappa shape index (κ3) is 3.22. The Morgan fingerprint density at radius 1 is 1.63 bits per heavy atom. The van der Waals surface area contributed by atoms with E-state index in [1.807, 2.05) is 19.0 Å². The van der Waals surface area contributed by atoms with Crippen LogP contribution < -0.4 is 0 Å². The van der Waals surface area contributed by atoms with Crippen LogP contribution in [0.3, 0.4) is 0 Å². The number of hydrogen-bond donors (Lipinski definition) is 0. The number of rotatable bonds is 3. The number of pyridine rings is 1. The average Bonchev–Trinajstić information content (AvgIpc) is 2.78. The number of carbonyl (C=O) groups is 1. The second-order valence-corrected chi connectivity index (χ2v) is 5.41. The van der Waals surface area contributed by atoms with Crippen LogP contribution in [-0.2, 0) is 0 Å². The number of aromatic nitrogens is 1. The molecule has 0 saturated carbocycles. The molecular formula is C13H17ClFN3O. The van der Waals surface area contributed by atoms with Crippen molar-refractivity contribution in [2.45, 2.75) is 18.9 Å². The van der Waals surface area contributed by atoms with Crippen LogP contribution >= 0.6 is 11.6 Å². The molecule has 1 fully saturated rings. The van der Waals surface area contributed by atoms with Crippen molar-refractivity contribution in [3.63, 3.8) is 0 Å². The smallest absolute Gasteiger partial charge is 0.257 e. The van der Waals surface area contributed by atoms with Crippen LogP contribution in [0.4, 0.5) is 4.39 Å². The zero-order valence-electron chi connectivity index (χ0n) is 11.1. The van der Waals surface area contributed by atoms with E-state index in [0.717, 1.165) is 31.6 Å². The van der Waals surface area contributed by atoms with Gasteiger partial charge in [0.25, 0.3) is 5.91 Å². The number of likely N-dealkylation sites (tertiary alicyclic amines) is 1. The number of hydrogen-bond acceptors (Lipinski definition) is 3. The minimum absolute atomic E-state index is 0.0573. The second-order valence-electron chi connectivity index (χ2n) is 5.05. The van der Waals surface area contributed by atoms with Gasteiger partial charge in [0.05, 0.1) is 11.8 Å². The molecule has 1 atom stereocenters. The molecule has 2 heterocycles. The summed E-state index contributed by atoms with van der Waals surface area (Å²) < 4.78 is 13.2. The van der Waals surface area contributed by atoms with Crippen molar-refractivity contribution < 1.29 is 9.18 Å². The minimum atomic E-state index is -0.545. The van der Waals surface area contributed by atoms with Gasteiger partial charge in [-0.05, 0) is 33.0 Å². The fraction of sp³-hybridized carbons (Fsp3) is 0.538. The summed E-state index contributed by atoms with van der Waals surface area (Å²) in [6.45, 7) is 1.48. The number of amides is 1. The van der Waals surface area contributed by atoms with Gasteiger partial charge in [0.2, 0.25) is 0 Å². The maximum Gasteiger partial charge on any atom is 0.257 e. The van der Waals surface area contributed by atoms with E-state index < -0.39 is 5.82 Å². The molecule has 1 aliphatic heterocycles. The Morgan fingerprint density at radius 3 is 3.05 bits per heavy atom. The van der Waals surface area contributed by atoms with Gasteiger partial charge in [-0.2, -0.15) is 0 Å². The van der Waals surface area contributed by atoms with Crippen molar-refractivity contribution in [2.24, 2.45) is 0 Å². The highest BCUT2D eigenvalue weighted by Crippen LogP contribution is 2.23. The van der Waals surface area contributed by atoms with Crippen molar-refractivity contribution in [2.75, 3.05) is 27.2 Å². The largest absolute Gasteiger partial charge is 0.334 e. The van der Waals surface area contributed by atoms with E-state index in [9.17, 15) is 9.18 Å². The van der Waals surface area contributed by atoms with Gasteiger partial charge in [0.1, 0.15) is 11.0 Å². The number of carbonyl (C=O) groups excluding carboxylic acids is 1. The van der Waals surface area contributed by atoms with Crippen LogP contribution in [0, 0.1) is 5.82 Å². The first-order valence-electron chi connectivity index (χ1n) is 6.26. The fourth-order valence-corrected chi connectivity index (χ4v) is 2.63. The van der Waals surface area contributed by atoms with Gasteiger partial charge in [0, 0.05) is 19.1 Å². The maximum absolute atomic E-state index is 13.2. The van der Waals surface area contributed by atoms with Crippen molar-refractivity contribution >= 4 is 17.5 Å². The lowest BCUT2D eigenvalue weighted by molar-refractivity contribution is 0.0715. The third-order valence-electron chi connectivity index (χ3n) is 3.25. The van der Waals surface area contributed by atoms with Gasteiger partial charge in [-0.15, -0.1) is 0 Å². The quantitative estimate of drug-likeness (QED) is 0.798. The standard InChI is InChI=1S/C13H17ClFN3O/c1-17(2)8-10-4-3-5-18(10)13(19)11-6-9(15)7-16-12(11)14/h6-7,10H,3-5,8H2,1-2H3. The molecule has 2 rings (SSSR count). The molecule has 1 aliphatic rings. The Kier molecular flexibility index (Phi) is 4.37. The van der Waals surface area contributed by atoms with Gasteiger partial charge in [-0.25, -0.2) is 9.37 Å². The Labute approximate surface area is 117 Å². The van der Waals surface area contributed by atoms with Crippen molar-refractivity contribution in [1.29, 1.82) is 0 Å². The molecule has 6 heteroatoms. The lowest BCUT2D eigenvalue weighted by Crippen LogP contribution is -2.41. The first-order valence-corrected chi connectivity index (χ1v) is 6.63. The highest BCUT2D eigenvalue weighted by atomic mass is 35.5. The zero-order valence-corrected chi connectivity index (χ0v) is 11.8. The van der Waals surface area contributed by atoms with Crippen molar-refractivity contribution in [3.8, 4) is 0 Å². The van der Waals surface area contributed by atoms with Gasteiger partial charge in [0.15, 0.2) is 0 Å². The molecule has 104 valence electrons. The van der Waals surface area contributed by atoms with E-state index in [2.05, 4.69) is 4.98 Å². The van der Waals surface area contributed by atoms with Gasteiger partial charge in [-0.3, -0.25) is 4.79 Å². The predicted octanol–water partition coefficient (Wildman–Crippen LogP) is 2.04. The Hall–Kier alpha value is -1.20. The Morgan fingerprint density at radius 2 is 2.37 bits per heavy atom. The van der Waals surface area contributed by atoms with Gasteiger partial charge in [-0.1, -0.05) is 11.6 Å². The molecule has 0 aliphatic carbocycles. The molecule has 1 saturated heterocycles. The van der Waals surface area contributed by atoms with E-state index in [-0.39, 0.29) is 22.7 Å². The molecule has 0 spiro atoms. The maximum atomic E-state index is 13.2. The SMILES string of the molecule is CN(C)CC1CCCN1C(=O)c1cc(F)cnc1Cl. The first-order chi connectivity index (χ1) is 8.99. The molecule has 0 radical (unpaired) electrons. The normalized spacial score (nSPS) is 19.2. The monoisotopic (exact) mass is 285 g/mol. The minimum Gasteiger partial charge on any atom is -0.334 e. The Bertz CT molecular complexity index is 481. The van der Waals surface area contributed by atoms with Gasteiger partial charge >= 0.3 is 0 Å². The highest BCUT2D eigenvalue weighted by molar-refractivity contribution is 6.32. The molecule has 1 amide bonds. The predicted molar refractivity (Wildman–Crippen MR) is 71.8 cm³/mol. The summed E-state index contributed by atoms with van der Waals surface area (Å²) in [6.07, 6.45) is 2.94. The summed E-state index contributed by atoms with van der Waals surface area (Å²) in [7, 11) is 3.94. The van der Waals surface area contributed by atoms with Crippen LogP contribution in [-0.4, -0.2) is 53.9 Å². The lowest BCUT2D eigenvalue weighted by atomic mass is 10.2. The zero-order chi connectivity index (χ0) is 14.0. The van der Waals surface area contributed by atoms with Crippen molar-refractivity contribution in [1.82, 2.24) is 14.8 Å². The summed E-state index contributed by atoms with van der Waals surface area (Å²) in [5.74, 6) is -0.780. The number of nitrogens with zero attached hydrogens (tertiary/aromatic N) is 3. The highest BCUT2D eigenvalue weighted by Gasteiger charge is 2.31. The summed E-state index contributed by atoms with van der Waals surface area (Å²) >= 11 is 5.89. The first kappa shape index (κ1) is 14.2. The average molecular weight is 286 g/mol. The molecule has 19 heavy (non-hydrogen) atoms. The lowest BCUT2D eigenvalue weighted by Gasteiger charge is -2.27. The van der Waals surface area contributed by atoms with Crippen LogP contribution in [0.1, 0.15) is 23.2 Å². The molecule has 0 N–H and O–H groups in total. The van der Waals surface area contributed by atoms with Crippen LogP contribution in [0.25, 0.3) is 0 Å². The molecule has 1 aromatic rings. The third-order valence-corrected chi connectivity index (χ3v) is 3.55. The van der Waals surface area contributed by atoms with Crippen LogP contribution in [0.2, 0.25) is 5.15 Å². The van der Waals surface area contributed by atoms with Crippen LogP contribution in [0.5, 0.6) is 0 Å². The number of likely N-dealkylation sites (N-methyl/N-ethyl adjacent to an activating group) is 1. The molecule has 4 nitrogen and oxygen atoms in total. The van der Waals surface area contributed by atoms with Crippen molar-refractivity contribution in [3.05, 3.63) is 28.8 Å².